The van der Waals surface area contributed by atoms with Gasteiger partial charge in [-0.05, 0) is 28.6 Å². The van der Waals surface area contributed by atoms with Crippen molar-refractivity contribution in [1.29, 1.82) is 0 Å². The van der Waals surface area contributed by atoms with Crippen molar-refractivity contribution >= 4 is 38.1 Å². The lowest BCUT2D eigenvalue weighted by atomic mass is 9.91. The average Bonchev–Trinajstić information content (AvgIpc) is 3.92. The number of aromatic nitrogens is 6. The van der Waals surface area contributed by atoms with Crippen molar-refractivity contribution in [3.05, 3.63) is 218 Å². The Hall–Kier alpha value is -8.48. The van der Waals surface area contributed by atoms with E-state index in [1.54, 1.807) is 0 Å². The maximum Gasteiger partial charge on any atom is 0.238 e. The van der Waals surface area contributed by atoms with Crippen LogP contribution in [0.3, 0.4) is 0 Å². The molecule has 0 spiro atoms. The molecule has 0 saturated carbocycles. The van der Waals surface area contributed by atoms with Gasteiger partial charge in [0.25, 0.3) is 0 Å². The molecule has 4 aromatic heterocycles. The number of rotatable bonds is 7. The second-order valence-corrected chi connectivity index (χ2v) is 15.4. The van der Waals surface area contributed by atoms with Crippen LogP contribution < -0.4 is 0 Å². The van der Waals surface area contributed by atoms with Crippen molar-refractivity contribution in [2.24, 2.45) is 0 Å². The number of benzene rings is 8. The first kappa shape index (κ1) is 35.5. The monoisotopic (exact) mass is 792 g/mol. The van der Waals surface area contributed by atoms with Crippen molar-refractivity contribution in [1.82, 2.24) is 29.1 Å². The van der Waals surface area contributed by atoms with Crippen molar-refractivity contribution in [3.63, 3.8) is 0 Å². The molecule has 0 amide bonds. The van der Waals surface area contributed by atoms with Crippen molar-refractivity contribution < 1.29 is 0 Å². The molecule has 290 valence electrons. The van der Waals surface area contributed by atoms with Crippen LogP contribution in [-0.4, -0.2) is 29.1 Å². The highest BCUT2D eigenvalue weighted by Crippen LogP contribution is 2.46. The Balaban J connectivity index is 1.09. The van der Waals surface area contributed by atoms with Gasteiger partial charge in [0.2, 0.25) is 5.95 Å². The SMILES string of the molecule is c1ccc(-c2nc(-c3ccc(-c4c(-c5ccccc5)n5nc(-c6ccccc6)c(-c6ccccc6)c5c5ccccc45)cc3)nc(-n3c4ccccc4c4ccccc43)n2)cc1. The van der Waals surface area contributed by atoms with Crippen LogP contribution in [0.15, 0.2) is 218 Å². The zero-order valence-corrected chi connectivity index (χ0v) is 33.5. The average molecular weight is 793 g/mol. The molecule has 0 aliphatic heterocycles. The number of hydrogen-bond donors (Lipinski definition) is 0. The third-order valence-corrected chi connectivity index (χ3v) is 11.8. The van der Waals surface area contributed by atoms with Gasteiger partial charge in [-0.15, -0.1) is 0 Å². The minimum Gasteiger partial charge on any atom is -0.278 e. The zero-order chi connectivity index (χ0) is 41.0. The topological polar surface area (TPSA) is 60.9 Å². The maximum atomic E-state index is 5.54. The Kier molecular flexibility index (Phi) is 8.38. The van der Waals surface area contributed by atoms with Gasteiger partial charge in [0, 0.05) is 49.5 Å². The van der Waals surface area contributed by atoms with Crippen LogP contribution in [0.5, 0.6) is 0 Å². The van der Waals surface area contributed by atoms with Gasteiger partial charge in [-0.3, -0.25) is 4.57 Å². The number of fused-ring (bicyclic) bond motifs is 6. The number of nitrogens with zero attached hydrogens (tertiary/aromatic N) is 6. The molecule has 6 nitrogen and oxygen atoms in total. The quantitative estimate of drug-likeness (QED) is 0.161. The van der Waals surface area contributed by atoms with E-state index in [0.717, 1.165) is 94.0 Å². The predicted molar refractivity (Wildman–Crippen MR) is 253 cm³/mol. The second-order valence-electron chi connectivity index (χ2n) is 15.4. The summed E-state index contributed by atoms with van der Waals surface area (Å²) in [5.74, 6) is 1.78. The summed E-state index contributed by atoms with van der Waals surface area (Å²) >= 11 is 0. The first-order chi connectivity index (χ1) is 30.8. The van der Waals surface area contributed by atoms with E-state index >= 15 is 0 Å². The molecular formula is C56H36N6. The highest BCUT2D eigenvalue weighted by Gasteiger charge is 2.25. The van der Waals surface area contributed by atoms with Gasteiger partial charge in [-0.25, -0.2) is 9.50 Å². The second kappa shape index (κ2) is 14.7. The Morgan fingerprint density at radius 3 is 1.31 bits per heavy atom. The molecule has 0 atom stereocenters. The van der Waals surface area contributed by atoms with Gasteiger partial charge in [-0.1, -0.05) is 206 Å². The summed E-state index contributed by atoms with van der Waals surface area (Å²) in [6.45, 7) is 0. The summed E-state index contributed by atoms with van der Waals surface area (Å²) in [5.41, 5.74) is 13.4. The fourth-order valence-corrected chi connectivity index (χ4v) is 9.04. The lowest BCUT2D eigenvalue weighted by Gasteiger charge is -2.18. The molecule has 8 aromatic carbocycles. The van der Waals surface area contributed by atoms with Crippen LogP contribution in [0, 0.1) is 0 Å². The molecule has 0 fully saturated rings. The van der Waals surface area contributed by atoms with E-state index in [1.165, 1.54) is 0 Å². The molecular weight excluding hydrogens is 757 g/mol. The summed E-state index contributed by atoms with van der Waals surface area (Å²) in [6.07, 6.45) is 0. The molecule has 12 rings (SSSR count). The van der Waals surface area contributed by atoms with Gasteiger partial charge in [0.1, 0.15) is 5.69 Å². The first-order valence-corrected chi connectivity index (χ1v) is 20.8. The molecule has 6 heteroatoms. The van der Waals surface area contributed by atoms with E-state index in [1.807, 2.05) is 30.3 Å². The summed E-state index contributed by atoms with van der Waals surface area (Å²) < 4.78 is 4.34. The number of hydrogen-bond acceptors (Lipinski definition) is 4. The summed E-state index contributed by atoms with van der Waals surface area (Å²) in [5, 5.41) is 10.1. The number of pyridine rings is 1. The van der Waals surface area contributed by atoms with Gasteiger partial charge in [-0.2, -0.15) is 15.1 Å². The molecule has 0 unspecified atom stereocenters. The van der Waals surface area contributed by atoms with Gasteiger partial charge in [0.15, 0.2) is 11.6 Å². The molecule has 0 bridgehead atoms. The predicted octanol–water partition coefficient (Wildman–Crippen LogP) is 13.8. The molecule has 0 saturated heterocycles. The van der Waals surface area contributed by atoms with Crippen LogP contribution in [0.25, 0.3) is 112 Å². The fourth-order valence-electron chi connectivity index (χ4n) is 9.04. The van der Waals surface area contributed by atoms with Gasteiger partial charge in [0.05, 0.1) is 22.2 Å². The van der Waals surface area contributed by atoms with E-state index in [0.29, 0.717) is 17.6 Å². The lowest BCUT2D eigenvalue weighted by Crippen LogP contribution is -2.06. The van der Waals surface area contributed by atoms with E-state index in [9.17, 15) is 0 Å². The first-order valence-electron chi connectivity index (χ1n) is 20.8. The molecule has 0 N–H and O–H groups in total. The lowest BCUT2D eigenvalue weighted by molar-refractivity contribution is 0.953. The van der Waals surface area contributed by atoms with E-state index in [4.69, 9.17) is 20.1 Å². The maximum absolute atomic E-state index is 5.54. The third-order valence-electron chi connectivity index (χ3n) is 11.8. The van der Waals surface area contributed by atoms with Crippen molar-refractivity contribution in [2.75, 3.05) is 0 Å². The standard InChI is InChI=1S/C56H36N6/c1-5-19-37(20-6-1)50-51(39-21-7-2-8-22-39)60-62-52(40-23-9-3-10-24-40)49(45-29-13-14-30-46(45)53(50)62)38-33-35-42(36-34-38)55-57-54(41-25-11-4-12-26-41)58-56(59-55)61-47-31-17-15-27-43(47)44-28-16-18-32-48(44)61/h1-36H. The molecule has 4 heterocycles. The normalized spacial score (nSPS) is 11.5. The Morgan fingerprint density at radius 2 is 0.726 bits per heavy atom. The Bertz CT molecular complexity index is 3540. The minimum absolute atomic E-state index is 0.570. The zero-order valence-electron chi connectivity index (χ0n) is 33.5. The largest absolute Gasteiger partial charge is 0.278 e. The Labute approximate surface area is 357 Å². The molecule has 0 aliphatic rings. The van der Waals surface area contributed by atoms with Crippen LogP contribution in [0.1, 0.15) is 0 Å². The van der Waals surface area contributed by atoms with Crippen LogP contribution in [-0.2, 0) is 0 Å². The molecule has 0 radical (unpaired) electrons. The summed E-state index contributed by atoms with van der Waals surface area (Å²) in [7, 11) is 0. The van der Waals surface area contributed by atoms with Crippen molar-refractivity contribution in [2.45, 2.75) is 0 Å². The van der Waals surface area contributed by atoms with E-state index in [-0.39, 0.29) is 0 Å². The summed E-state index contributed by atoms with van der Waals surface area (Å²) in [6, 6.07) is 76.2. The minimum atomic E-state index is 0.570. The van der Waals surface area contributed by atoms with Crippen LogP contribution in [0.4, 0.5) is 0 Å². The van der Waals surface area contributed by atoms with Gasteiger partial charge >= 0.3 is 0 Å². The highest BCUT2D eigenvalue weighted by molar-refractivity contribution is 6.15. The van der Waals surface area contributed by atoms with Crippen molar-refractivity contribution in [3.8, 4) is 73.5 Å². The Morgan fingerprint density at radius 1 is 0.306 bits per heavy atom. The number of para-hydroxylation sites is 2. The fraction of sp³-hybridized carbons (Fsp3) is 0. The van der Waals surface area contributed by atoms with Crippen LogP contribution in [0.2, 0.25) is 0 Å². The van der Waals surface area contributed by atoms with E-state index in [2.05, 4.69) is 197 Å². The molecule has 12 aromatic rings. The van der Waals surface area contributed by atoms with Crippen LogP contribution >= 0.6 is 0 Å². The summed E-state index contributed by atoms with van der Waals surface area (Å²) in [4.78, 5) is 15.5. The third kappa shape index (κ3) is 5.80. The van der Waals surface area contributed by atoms with Gasteiger partial charge < -0.3 is 0 Å². The highest BCUT2D eigenvalue weighted by atomic mass is 15.2. The molecule has 0 aliphatic carbocycles. The molecule has 62 heavy (non-hydrogen) atoms. The smallest absolute Gasteiger partial charge is 0.238 e. The van der Waals surface area contributed by atoms with E-state index < -0.39 is 0 Å².